The Morgan fingerprint density at radius 2 is 1.61 bits per heavy atom. The topological polar surface area (TPSA) is 61.0 Å². The van der Waals surface area contributed by atoms with Crippen LogP contribution in [0.25, 0.3) is 16.8 Å². The minimum atomic E-state index is -4.76. The number of fused-ring (bicyclic) bond motifs is 1. The molecule has 36 heavy (non-hydrogen) atoms. The molecule has 7 nitrogen and oxygen atoms in total. The second-order valence-corrected chi connectivity index (χ2v) is 8.51. The summed E-state index contributed by atoms with van der Waals surface area (Å²) in [4.78, 5) is 15.1. The molecule has 5 rings (SSSR count). The van der Waals surface area contributed by atoms with Crippen LogP contribution in [0.1, 0.15) is 6.42 Å². The molecule has 4 aromatic rings. The monoisotopic (exact) mass is 502 g/mol. The molecule has 0 spiro atoms. The van der Waals surface area contributed by atoms with Gasteiger partial charge in [-0.15, -0.1) is 18.3 Å². The van der Waals surface area contributed by atoms with E-state index < -0.39 is 6.36 Å². The zero-order chi connectivity index (χ0) is 25.3. The Morgan fingerprint density at radius 3 is 2.33 bits per heavy atom. The standard InChI is InChI=1S/C25H22F4N4O3/c26-19-4-8-20(9-5-19)35-22-11-12-31(16-22)13-14-33-24(34)32-15-18(3-10-23(32)30-33)17-1-6-21(7-2-17)36-25(27,28)29/h1-10,15,22H,11-14,16H2/t22-/m1/s1. The van der Waals surface area contributed by atoms with Crippen LogP contribution in [0.5, 0.6) is 11.5 Å². The maximum absolute atomic E-state index is 13.1. The lowest BCUT2D eigenvalue weighted by Gasteiger charge is -2.16. The van der Waals surface area contributed by atoms with Crippen LogP contribution in [0.4, 0.5) is 17.6 Å². The second-order valence-electron chi connectivity index (χ2n) is 8.51. The van der Waals surface area contributed by atoms with Gasteiger partial charge >= 0.3 is 12.1 Å². The number of ether oxygens (including phenoxy) is 2. The summed E-state index contributed by atoms with van der Waals surface area (Å²) in [5.74, 6) is -0.00321. The minimum Gasteiger partial charge on any atom is -0.489 e. The molecule has 1 fully saturated rings. The molecule has 188 valence electrons. The Hall–Kier alpha value is -3.86. The van der Waals surface area contributed by atoms with Gasteiger partial charge in [-0.1, -0.05) is 12.1 Å². The van der Waals surface area contributed by atoms with Crippen LogP contribution in [-0.2, 0) is 6.54 Å². The molecule has 0 amide bonds. The van der Waals surface area contributed by atoms with Crippen molar-refractivity contribution in [3.8, 4) is 22.6 Å². The Labute approximate surface area is 203 Å². The predicted octanol–water partition coefficient (Wildman–Crippen LogP) is 4.35. The van der Waals surface area contributed by atoms with E-state index in [-0.39, 0.29) is 23.4 Å². The summed E-state index contributed by atoms with van der Waals surface area (Å²) in [5, 5.41) is 4.39. The quantitative estimate of drug-likeness (QED) is 0.352. The van der Waals surface area contributed by atoms with Crippen molar-refractivity contribution in [2.45, 2.75) is 25.4 Å². The predicted molar refractivity (Wildman–Crippen MR) is 123 cm³/mol. The SMILES string of the molecule is O=c1n(CCN2CC[C@@H](Oc3ccc(F)cc3)C2)nc2ccc(-c3ccc(OC(F)(F)F)cc3)cn12. The number of aromatic nitrogens is 3. The van der Waals surface area contributed by atoms with Crippen LogP contribution in [0, 0.1) is 5.82 Å². The normalized spacial score (nSPS) is 16.5. The molecule has 0 N–H and O–H groups in total. The number of likely N-dealkylation sites (tertiary alicyclic amines) is 1. The van der Waals surface area contributed by atoms with E-state index in [2.05, 4.69) is 14.7 Å². The van der Waals surface area contributed by atoms with E-state index in [1.165, 1.54) is 45.5 Å². The Morgan fingerprint density at radius 1 is 0.917 bits per heavy atom. The van der Waals surface area contributed by atoms with E-state index in [4.69, 9.17) is 4.74 Å². The average Bonchev–Trinajstić information content (AvgIpc) is 3.42. The highest BCUT2D eigenvalue weighted by Gasteiger charge is 2.31. The number of benzene rings is 2. The van der Waals surface area contributed by atoms with Gasteiger partial charge in [0.25, 0.3) is 0 Å². The molecular weight excluding hydrogens is 480 g/mol. The van der Waals surface area contributed by atoms with Crippen LogP contribution >= 0.6 is 0 Å². The van der Waals surface area contributed by atoms with Crippen molar-refractivity contribution in [3.63, 3.8) is 0 Å². The summed E-state index contributed by atoms with van der Waals surface area (Å²) in [6.07, 6.45) is -2.33. The van der Waals surface area contributed by atoms with Crippen molar-refractivity contribution in [2.75, 3.05) is 19.6 Å². The smallest absolute Gasteiger partial charge is 0.489 e. The van der Waals surface area contributed by atoms with E-state index in [0.717, 1.165) is 13.0 Å². The van der Waals surface area contributed by atoms with Crippen LogP contribution in [-0.4, -0.2) is 51.2 Å². The van der Waals surface area contributed by atoms with Crippen molar-refractivity contribution in [1.82, 2.24) is 19.1 Å². The molecule has 3 heterocycles. The van der Waals surface area contributed by atoms with Crippen molar-refractivity contribution in [1.29, 1.82) is 0 Å². The molecule has 11 heteroatoms. The van der Waals surface area contributed by atoms with Crippen LogP contribution in [0.15, 0.2) is 71.7 Å². The number of hydrogen-bond acceptors (Lipinski definition) is 5. The number of nitrogens with zero attached hydrogens (tertiary/aromatic N) is 4. The van der Waals surface area contributed by atoms with Crippen molar-refractivity contribution < 1.29 is 27.0 Å². The molecular formula is C25H22F4N4O3. The van der Waals surface area contributed by atoms with Crippen molar-refractivity contribution in [2.24, 2.45) is 0 Å². The van der Waals surface area contributed by atoms with Crippen molar-refractivity contribution >= 4 is 5.65 Å². The molecule has 0 aliphatic carbocycles. The zero-order valence-corrected chi connectivity index (χ0v) is 19.0. The van der Waals surface area contributed by atoms with Gasteiger partial charge < -0.3 is 9.47 Å². The Bertz CT molecular complexity index is 1400. The average molecular weight is 502 g/mol. The summed E-state index contributed by atoms with van der Waals surface area (Å²) in [6.45, 7) is 2.51. The van der Waals surface area contributed by atoms with Gasteiger partial charge in [-0.2, -0.15) is 0 Å². The van der Waals surface area contributed by atoms with Gasteiger partial charge in [0, 0.05) is 25.8 Å². The first-order chi connectivity index (χ1) is 17.2. The molecule has 1 aliphatic heterocycles. The largest absolute Gasteiger partial charge is 0.573 e. The van der Waals surface area contributed by atoms with Gasteiger partial charge in [0.2, 0.25) is 0 Å². The molecule has 1 aliphatic rings. The van der Waals surface area contributed by atoms with Gasteiger partial charge in [0.15, 0.2) is 5.65 Å². The highest BCUT2D eigenvalue weighted by atomic mass is 19.4. The molecule has 1 saturated heterocycles. The fourth-order valence-corrected chi connectivity index (χ4v) is 4.22. The molecule has 2 aromatic carbocycles. The maximum atomic E-state index is 13.1. The second kappa shape index (κ2) is 9.65. The fraction of sp³-hybridized carbons (Fsp3) is 0.280. The summed E-state index contributed by atoms with van der Waals surface area (Å²) in [6, 6.07) is 14.8. The lowest BCUT2D eigenvalue weighted by atomic mass is 10.1. The molecule has 1 atom stereocenters. The zero-order valence-electron chi connectivity index (χ0n) is 19.0. The first kappa shape index (κ1) is 23.9. The minimum absolute atomic E-state index is 0.0104. The van der Waals surface area contributed by atoms with Crippen LogP contribution < -0.4 is 15.2 Å². The van der Waals surface area contributed by atoms with Crippen LogP contribution in [0.2, 0.25) is 0 Å². The number of hydrogen-bond donors (Lipinski definition) is 0. The van der Waals surface area contributed by atoms with Gasteiger partial charge in [-0.05, 0) is 66.1 Å². The first-order valence-corrected chi connectivity index (χ1v) is 11.3. The van der Waals surface area contributed by atoms with Gasteiger partial charge in [0.05, 0.1) is 6.54 Å². The molecule has 0 bridgehead atoms. The third kappa shape index (κ3) is 5.51. The highest BCUT2D eigenvalue weighted by Crippen LogP contribution is 2.26. The number of rotatable bonds is 7. The summed E-state index contributed by atoms with van der Waals surface area (Å²) in [5.41, 5.74) is 1.46. The molecule has 0 radical (unpaired) electrons. The highest BCUT2D eigenvalue weighted by molar-refractivity contribution is 5.65. The van der Waals surface area contributed by atoms with Gasteiger partial charge in [0.1, 0.15) is 23.4 Å². The maximum Gasteiger partial charge on any atom is 0.573 e. The number of alkyl halides is 3. The van der Waals surface area contributed by atoms with Gasteiger partial charge in [-0.25, -0.2) is 18.3 Å². The molecule has 2 aromatic heterocycles. The lowest BCUT2D eigenvalue weighted by molar-refractivity contribution is -0.274. The van der Waals surface area contributed by atoms with E-state index in [1.54, 1.807) is 30.5 Å². The summed E-state index contributed by atoms with van der Waals surface area (Å²) >= 11 is 0. The fourth-order valence-electron chi connectivity index (χ4n) is 4.22. The summed E-state index contributed by atoms with van der Waals surface area (Å²) in [7, 11) is 0. The third-order valence-corrected chi connectivity index (χ3v) is 5.97. The molecule has 0 unspecified atom stereocenters. The lowest BCUT2D eigenvalue weighted by Crippen LogP contribution is -2.31. The van der Waals surface area contributed by atoms with Crippen molar-refractivity contribution in [3.05, 3.63) is 83.2 Å². The van der Waals surface area contributed by atoms with E-state index >= 15 is 0 Å². The van der Waals surface area contributed by atoms with E-state index in [0.29, 0.717) is 42.2 Å². The number of pyridine rings is 1. The van der Waals surface area contributed by atoms with Gasteiger partial charge in [-0.3, -0.25) is 4.90 Å². The Kier molecular flexibility index (Phi) is 6.40. The molecule has 0 saturated carbocycles. The first-order valence-electron chi connectivity index (χ1n) is 11.3. The summed E-state index contributed by atoms with van der Waals surface area (Å²) < 4.78 is 62.8. The third-order valence-electron chi connectivity index (χ3n) is 5.97. The van der Waals surface area contributed by atoms with E-state index in [1.807, 2.05) is 0 Å². The van der Waals surface area contributed by atoms with Crippen LogP contribution in [0.3, 0.4) is 0 Å². The number of halogens is 4. The Balaban J connectivity index is 1.22. The van der Waals surface area contributed by atoms with E-state index in [9.17, 15) is 22.4 Å².